The first-order valence-electron chi connectivity index (χ1n) is 9.69. The number of hydrogen-bond acceptors (Lipinski definition) is 5. The molecule has 2 aliphatic heterocycles. The molecule has 0 bridgehead atoms. The van der Waals surface area contributed by atoms with Gasteiger partial charge in [0, 0.05) is 51.7 Å². The van der Waals surface area contributed by atoms with Crippen LogP contribution in [-0.2, 0) is 0 Å². The summed E-state index contributed by atoms with van der Waals surface area (Å²) in [6.07, 6.45) is 6.73. The molecule has 2 aliphatic rings. The Kier molecular flexibility index (Phi) is 5.87. The van der Waals surface area contributed by atoms with E-state index in [0.717, 1.165) is 63.7 Å². The predicted octanol–water partition coefficient (Wildman–Crippen LogP) is 3.74. The van der Waals surface area contributed by atoms with Gasteiger partial charge in [-0.1, -0.05) is 23.2 Å². The standard InChI is InChI=1S/C20H23Cl2N5O/c21-15-13-17(22)19(24-14-15)26-11-9-25(10-12-26)18-16(5-4-6-23-18)20(28)27-7-2-1-3-8-27/h4-6,13-14H,1-3,7-12H2. The van der Waals surface area contributed by atoms with Crippen molar-refractivity contribution in [2.24, 2.45) is 0 Å². The van der Waals surface area contributed by atoms with E-state index in [-0.39, 0.29) is 5.91 Å². The van der Waals surface area contributed by atoms with E-state index in [1.807, 2.05) is 17.0 Å². The summed E-state index contributed by atoms with van der Waals surface area (Å²) in [6, 6.07) is 5.45. The van der Waals surface area contributed by atoms with Gasteiger partial charge < -0.3 is 14.7 Å². The zero-order chi connectivity index (χ0) is 19.5. The number of piperidine rings is 1. The first-order valence-corrected chi connectivity index (χ1v) is 10.4. The normalized spacial score (nSPS) is 17.7. The molecule has 8 heteroatoms. The number of amides is 1. The molecule has 0 atom stereocenters. The van der Waals surface area contributed by atoms with E-state index in [1.165, 1.54) is 6.42 Å². The minimum absolute atomic E-state index is 0.0904. The van der Waals surface area contributed by atoms with Crippen molar-refractivity contribution in [3.8, 4) is 0 Å². The molecule has 6 nitrogen and oxygen atoms in total. The number of halogens is 2. The van der Waals surface area contributed by atoms with Crippen LogP contribution in [0.2, 0.25) is 10.0 Å². The number of carbonyl (C=O) groups excluding carboxylic acids is 1. The Morgan fingerprint density at radius 1 is 0.893 bits per heavy atom. The van der Waals surface area contributed by atoms with Crippen molar-refractivity contribution in [3.63, 3.8) is 0 Å². The van der Waals surface area contributed by atoms with E-state index in [9.17, 15) is 4.79 Å². The molecule has 2 fully saturated rings. The Balaban J connectivity index is 1.48. The number of pyridine rings is 2. The Labute approximate surface area is 175 Å². The summed E-state index contributed by atoms with van der Waals surface area (Å²) in [5.74, 6) is 1.61. The molecule has 1 amide bonds. The van der Waals surface area contributed by atoms with Gasteiger partial charge in [-0.2, -0.15) is 0 Å². The van der Waals surface area contributed by atoms with E-state index in [0.29, 0.717) is 15.6 Å². The van der Waals surface area contributed by atoms with Gasteiger partial charge in [-0.25, -0.2) is 9.97 Å². The number of nitrogens with zero attached hydrogens (tertiary/aromatic N) is 5. The van der Waals surface area contributed by atoms with Crippen LogP contribution in [0.1, 0.15) is 29.6 Å². The molecule has 0 saturated carbocycles. The molecule has 2 aromatic heterocycles. The zero-order valence-corrected chi connectivity index (χ0v) is 17.2. The van der Waals surface area contributed by atoms with Crippen LogP contribution in [0.3, 0.4) is 0 Å². The summed E-state index contributed by atoms with van der Waals surface area (Å²) < 4.78 is 0. The monoisotopic (exact) mass is 419 g/mol. The number of aromatic nitrogens is 2. The van der Waals surface area contributed by atoms with Crippen LogP contribution in [0.15, 0.2) is 30.6 Å². The molecule has 2 aromatic rings. The van der Waals surface area contributed by atoms with E-state index >= 15 is 0 Å². The predicted molar refractivity (Wildman–Crippen MR) is 113 cm³/mol. The van der Waals surface area contributed by atoms with Gasteiger partial charge in [0.2, 0.25) is 0 Å². The van der Waals surface area contributed by atoms with Crippen molar-refractivity contribution in [2.75, 3.05) is 49.1 Å². The summed E-state index contributed by atoms with van der Waals surface area (Å²) >= 11 is 12.3. The van der Waals surface area contributed by atoms with Gasteiger partial charge in [0.15, 0.2) is 0 Å². The van der Waals surface area contributed by atoms with Crippen LogP contribution in [0.4, 0.5) is 11.6 Å². The Morgan fingerprint density at radius 2 is 1.57 bits per heavy atom. The minimum atomic E-state index is 0.0904. The highest BCUT2D eigenvalue weighted by Gasteiger charge is 2.26. The molecule has 148 valence electrons. The Morgan fingerprint density at radius 3 is 2.25 bits per heavy atom. The third kappa shape index (κ3) is 4.03. The maximum atomic E-state index is 13.0. The molecular weight excluding hydrogens is 397 g/mol. The number of anilines is 2. The lowest BCUT2D eigenvalue weighted by Gasteiger charge is -2.37. The van der Waals surface area contributed by atoms with Gasteiger partial charge in [0.1, 0.15) is 11.6 Å². The number of hydrogen-bond donors (Lipinski definition) is 0. The van der Waals surface area contributed by atoms with Crippen molar-refractivity contribution >= 4 is 40.7 Å². The fourth-order valence-electron chi connectivity index (χ4n) is 3.85. The maximum absolute atomic E-state index is 13.0. The molecule has 2 saturated heterocycles. The van der Waals surface area contributed by atoms with E-state index < -0.39 is 0 Å². The van der Waals surface area contributed by atoms with Gasteiger partial charge in [-0.15, -0.1) is 0 Å². The summed E-state index contributed by atoms with van der Waals surface area (Å²) in [5.41, 5.74) is 0.695. The van der Waals surface area contributed by atoms with Gasteiger partial charge in [-0.3, -0.25) is 4.79 Å². The average molecular weight is 420 g/mol. The van der Waals surface area contributed by atoms with E-state index in [1.54, 1.807) is 18.5 Å². The van der Waals surface area contributed by atoms with Crippen molar-refractivity contribution in [1.82, 2.24) is 14.9 Å². The molecule has 28 heavy (non-hydrogen) atoms. The average Bonchev–Trinajstić information content (AvgIpc) is 2.74. The third-order valence-corrected chi connectivity index (χ3v) is 5.81. The fraction of sp³-hybridized carbons (Fsp3) is 0.450. The molecular formula is C20H23Cl2N5O. The second-order valence-corrected chi connectivity index (χ2v) is 8.00. The molecule has 0 N–H and O–H groups in total. The number of rotatable bonds is 3. The molecule has 0 aliphatic carbocycles. The van der Waals surface area contributed by atoms with E-state index in [2.05, 4.69) is 19.8 Å². The summed E-state index contributed by atoms with van der Waals surface area (Å²) in [7, 11) is 0. The summed E-state index contributed by atoms with van der Waals surface area (Å²) in [5, 5.41) is 1.08. The molecule has 4 heterocycles. The highest BCUT2D eigenvalue weighted by atomic mass is 35.5. The largest absolute Gasteiger partial charge is 0.352 e. The van der Waals surface area contributed by atoms with Crippen LogP contribution in [0.25, 0.3) is 0 Å². The third-order valence-electron chi connectivity index (χ3n) is 5.33. The molecule has 0 aromatic carbocycles. The SMILES string of the molecule is O=C(c1cccnc1N1CCN(c2ncc(Cl)cc2Cl)CC1)N1CCCCC1. The van der Waals surface area contributed by atoms with Gasteiger partial charge >= 0.3 is 0 Å². The number of piperazine rings is 1. The quantitative estimate of drug-likeness (QED) is 0.758. The van der Waals surface area contributed by atoms with Crippen molar-refractivity contribution in [2.45, 2.75) is 19.3 Å². The Hall–Kier alpha value is -2.05. The lowest BCUT2D eigenvalue weighted by molar-refractivity contribution is 0.0724. The zero-order valence-electron chi connectivity index (χ0n) is 15.7. The maximum Gasteiger partial charge on any atom is 0.257 e. The van der Waals surface area contributed by atoms with Crippen molar-refractivity contribution < 1.29 is 4.79 Å². The Bertz CT molecular complexity index is 848. The topological polar surface area (TPSA) is 52.6 Å². The molecule has 0 spiro atoms. The first kappa shape index (κ1) is 19.3. The van der Waals surface area contributed by atoms with Crippen molar-refractivity contribution in [3.05, 3.63) is 46.2 Å². The fourth-order valence-corrected chi connectivity index (χ4v) is 4.35. The van der Waals surface area contributed by atoms with Crippen LogP contribution in [0.5, 0.6) is 0 Å². The first-order chi connectivity index (χ1) is 13.6. The van der Waals surface area contributed by atoms with Gasteiger partial charge in [0.05, 0.1) is 15.6 Å². The summed E-state index contributed by atoms with van der Waals surface area (Å²) in [4.78, 5) is 28.2. The lowest BCUT2D eigenvalue weighted by atomic mass is 10.1. The van der Waals surface area contributed by atoms with E-state index in [4.69, 9.17) is 23.2 Å². The lowest BCUT2D eigenvalue weighted by Crippen LogP contribution is -2.48. The van der Waals surface area contributed by atoms with Gasteiger partial charge in [0.25, 0.3) is 5.91 Å². The van der Waals surface area contributed by atoms with Crippen LogP contribution >= 0.6 is 23.2 Å². The smallest absolute Gasteiger partial charge is 0.257 e. The highest BCUT2D eigenvalue weighted by molar-refractivity contribution is 6.36. The second-order valence-electron chi connectivity index (χ2n) is 7.16. The van der Waals surface area contributed by atoms with Gasteiger partial charge in [-0.05, 0) is 37.5 Å². The molecule has 0 unspecified atom stereocenters. The van der Waals surface area contributed by atoms with Crippen molar-refractivity contribution in [1.29, 1.82) is 0 Å². The number of carbonyl (C=O) groups is 1. The minimum Gasteiger partial charge on any atom is -0.352 e. The highest BCUT2D eigenvalue weighted by Crippen LogP contribution is 2.28. The second kappa shape index (κ2) is 8.53. The molecule has 4 rings (SSSR count). The molecule has 0 radical (unpaired) electrons. The summed E-state index contributed by atoms with van der Waals surface area (Å²) in [6.45, 7) is 4.67. The number of likely N-dealkylation sites (tertiary alicyclic amines) is 1. The van der Waals surface area contributed by atoms with Crippen LogP contribution in [0, 0.1) is 0 Å². The van der Waals surface area contributed by atoms with Crippen LogP contribution < -0.4 is 9.80 Å². The van der Waals surface area contributed by atoms with Crippen LogP contribution in [-0.4, -0.2) is 60.0 Å².